The number of amides is 2. The first-order chi connectivity index (χ1) is 23.2. The molecule has 2 aliphatic rings. The summed E-state index contributed by atoms with van der Waals surface area (Å²) >= 11 is 1.63. The predicted molar refractivity (Wildman–Crippen MR) is 203 cm³/mol. The van der Waals surface area contributed by atoms with Crippen molar-refractivity contribution in [3.8, 4) is 0 Å². The maximum Gasteiger partial charge on any atom is 0.260 e. The smallest absolute Gasteiger partial charge is 0.260 e. The van der Waals surface area contributed by atoms with Crippen LogP contribution < -0.4 is 0 Å². The SMILES string of the molecule is CCCCCCCCCCCCCCCCN1C=C2C(=O)N(CCCCCCCCCCCCCCCC)C(c3cccs3)=C2C1=O. The van der Waals surface area contributed by atoms with E-state index in [4.69, 9.17) is 0 Å². The highest BCUT2D eigenvalue weighted by Gasteiger charge is 2.44. The molecule has 0 radical (unpaired) electrons. The van der Waals surface area contributed by atoms with Gasteiger partial charge in [-0.15, -0.1) is 11.3 Å². The molecular weight excluding hydrogens is 597 g/mol. The highest BCUT2D eigenvalue weighted by Crippen LogP contribution is 2.42. The lowest BCUT2D eigenvalue weighted by Gasteiger charge is -2.21. The van der Waals surface area contributed by atoms with Gasteiger partial charge in [-0.1, -0.05) is 187 Å². The van der Waals surface area contributed by atoms with Crippen LogP contribution in [0, 0.1) is 0 Å². The molecule has 0 unspecified atom stereocenters. The highest BCUT2D eigenvalue weighted by molar-refractivity contribution is 7.11. The van der Waals surface area contributed by atoms with Gasteiger partial charge in [0.25, 0.3) is 11.8 Å². The minimum atomic E-state index is 0.0231. The summed E-state index contributed by atoms with van der Waals surface area (Å²) < 4.78 is 0. The van der Waals surface area contributed by atoms with Gasteiger partial charge in [0.05, 0.1) is 21.7 Å². The molecule has 0 fully saturated rings. The van der Waals surface area contributed by atoms with E-state index in [2.05, 4.69) is 19.9 Å². The Labute approximate surface area is 293 Å². The molecule has 0 saturated carbocycles. The Kier molecular flexibility index (Phi) is 21.2. The quantitative estimate of drug-likeness (QED) is 0.0740. The lowest BCUT2D eigenvalue weighted by Crippen LogP contribution is -2.28. The molecule has 0 aliphatic carbocycles. The molecule has 0 spiro atoms. The van der Waals surface area contributed by atoms with Gasteiger partial charge in [0, 0.05) is 19.3 Å². The molecule has 1 aromatic rings. The molecule has 1 aromatic heterocycles. The van der Waals surface area contributed by atoms with Gasteiger partial charge in [-0.25, -0.2) is 0 Å². The average molecular weight is 667 g/mol. The lowest BCUT2D eigenvalue weighted by atomic mass is 10.0. The summed E-state index contributed by atoms with van der Waals surface area (Å²) in [7, 11) is 0. The van der Waals surface area contributed by atoms with Crippen molar-refractivity contribution in [1.82, 2.24) is 9.80 Å². The van der Waals surface area contributed by atoms with Crippen molar-refractivity contribution in [2.24, 2.45) is 0 Å². The summed E-state index contributed by atoms with van der Waals surface area (Å²) in [5.41, 5.74) is 2.13. The van der Waals surface area contributed by atoms with Crippen molar-refractivity contribution in [3.63, 3.8) is 0 Å². The Balaban J connectivity index is 1.29. The molecule has 4 nitrogen and oxygen atoms in total. The summed E-state index contributed by atoms with van der Waals surface area (Å²) in [6.45, 7) is 5.99. The average Bonchev–Trinajstić information content (AvgIpc) is 3.79. The Hall–Kier alpha value is -1.88. The second kappa shape index (κ2) is 25.1. The van der Waals surface area contributed by atoms with Crippen molar-refractivity contribution < 1.29 is 9.59 Å². The van der Waals surface area contributed by atoms with E-state index in [-0.39, 0.29) is 11.8 Å². The highest BCUT2D eigenvalue weighted by atomic mass is 32.1. The van der Waals surface area contributed by atoms with Gasteiger partial charge in [0.2, 0.25) is 0 Å². The molecule has 0 saturated heterocycles. The van der Waals surface area contributed by atoms with Crippen molar-refractivity contribution in [2.45, 2.75) is 194 Å². The summed E-state index contributed by atoms with van der Waals surface area (Å²) in [5.74, 6) is 0.0461. The number of nitrogens with zero attached hydrogens (tertiary/aromatic N) is 2. The monoisotopic (exact) mass is 667 g/mol. The van der Waals surface area contributed by atoms with Crippen LogP contribution in [0.1, 0.15) is 199 Å². The van der Waals surface area contributed by atoms with Crippen LogP contribution in [0.15, 0.2) is 34.9 Å². The molecule has 0 bridgehead atoms. The van der Waals surface area contributed by atoms with Gasteiger partial charge in [0.15, 0.2) is 0 Å². The van der Waals surface area contributed by atoms with Crippen LogP contribution in [-0.4, -0.2) is 34.7 Å². The minimum Gasteiger partial charge on any atom is -0.314 e. The van der Waals surface area contributed by atoms with Gasteiger partial charge in [-0.3, -0.25) is 9.59 Å². The van der Waals surface area contributed by atoms with Gasteiger partial charge in [-0.05, 0) is 24.3 Å². The lowest BCUT2D eigenvalue weighted by molar-refractivity contribution is -0.124. The first-order valence-electron chi connectivity index (χ1n) is 20.3. The third-order valence-corrected chi connectivity index (χ3v) is 11.1. The predicted octanol–water partition coefficient (Wildman–Crippen LogP) is 13.0. The van der Waals surface area contributed by atoms with Crippen LogP contribution in [0.3, 0.4) is 0 Å². The van der Waals surface area contributed by atoms with Crippen LogP contribution >= 0.6 is 11.3 Å². The summed E-state index contributed by atoms with van der Waals surface area (Å²) in [6, 6.07) is 4.08. The summed E-state index contributed by atoms with van der Waals surface area (Å²) in [5, 5.41) is 2.05. The largest absolute Gasteiger partial charge is 0.314 e. The zero-order valence-electron chi connectivity index (χ0n) is 30.6. The van der Waals surface area contributed by atoms with Crippen LogP contribution in [0.25, 0.3) is 5.70 Å². The molecule has 47 heavy (non-hydrogen) atoms. The minimum absolute atomic E-state index is 0.0231. The zero-order valence-corrected chi connectivity index (χ0v) is 31.5. The van der Waals surface area contributed by atoms with E-state index < -0.39 is 0 Å². The molecule has 2 aliphatic heterocycles. The second-order valence-corrected chi connectivity index (χ2v) is 15.3. The third-order valence-electron chi connectivity index (χ3n) is 10.3. The van der Waals surface area contributed by atoms with E-state index in [1.54, 1.807) is 11.3 Å². The van der Waals surface area contributed by atoms with E-state index in [0.29, 0.717) is 24.2 Å². The first kappa shape index (κ1) is 39.6. The number of thiophene rings is 1. The number of fused-ring (bicyclic) bond motifs is 1. The molecule has 0 aromatic carbocycles. The fourth-order valence-corrected chi connectivity index (χ4v) is 8.09. The number of carbonyl (C=O) groups excluding carboxylic acids is 2. The number of hydrogen-bond donors (Lipinski definition) is 0. The van der Waals surface area contributed by atoms with E-state index >= 15 is 0 Å². The van der Waals surface area contributed by atoms with Gasteiger partial charge in [0.1, 0.15) is 0 Å². The maximum atomic E-state index is 13.6. The van der Waals surface area contributed by atoms with Gasteiger partial charge in [-0.2, -0.15) is 0 Å². The molecule has 0 N–H and O–H groups in total. The standard InChI is InChI=1S/C42H70N2O2S/c1-3-5-7-9-11-13-15-17-19-21-23-25-27-29-33-43-36-37-39(42(43)46)40(38-32-31-35-47-38)44(41(37)45)34-30-28-26-24-22-20-18-16-14-12-10-8-6-4-2/h31-32,35-36H,3-30,33-34H2,1-2H3. The summed E-state index contributed by atoms with van der Waals surface area (Å²) in [6.07, 6.45) is 39.0. The van der Waals surface area contributed by atoms with Gasteiger partial charge < -0.3 is 9.80 Å². The third kappa shape index (κ3) is 14.6. The van der Waals surface area contributed by atoms with E-state index in [0.717, 1.165) is 36.3 Å². The fourth-order valence-electron chi connectivity index (χ4n) is 7.30. The topological polar surface area (TPSA) is 40.6 Å². The fraction of sp³-hybridized carbons (Fsp3) is 0.762. The zero-order chi connectivity index (χ0) is 33.4. The number of rotatable bonds is 31. The van der Waals surface area contributed by atoms with Crippen LogP contribution in [-0.2, 0) is 9.59 Å². The number of unbranched alkanes of at least 4 members (excludes halogenated alkanes) is 26. The summed E-state index contributed by atoms with van der Waals surface area (Å²) in [4.78, 5) is 32.0. The van der Waals surface area contributed by atoms with Crippen molar-refractivity contribution >= 4 is 28.8 Å². The molecule has 5 heteroatoms. The normalized spacial score (nSPS) is 14.6. The molecule has 266 valence electrons. The van der Waals surface area contributed by atoms with Gasteiger partial charge >= 0.3 is 0 Å². The Morgan fingerprint density at radius 3 is 1.32 bits per heavy atom. The van der Waals surface area contributed by atoms with E-state index in [1.165, 1.54) is 154 Å². The molecule has 2 amide bonds. The Morgan fingerprint density at radius 1 is 0.511 bits per heavy atom. The Morgan fingerprint density at radius 2 is 0.915 bits per heavy atom. The van der Waals surface area contributed by atoms with Crippen molar-refractivity contribution in [3.05, 3.63) is 39.7 Å². The molecule has 0 atom stereocenters. The maximum absolute atomic E-state index is 13.6. The Bertz CT molecular complexity index is 1040. The molecule has 3 heterocycles. The number of hydrogen-bond acceptors (Lipinski definition) is 3. The number of carbonyl (C=O) groups is 2. The van der Waals surface area contributed by atoms with Crippen LogP contribution in [0.2, 0.25) is 0 Å². The molecule has 3 rings (SSSR count). The first-order valence-corrected chi connectivity index (χ1v) is 21.2. The molecular formula is C42H70N2O2S. The van der Waals surface area contributed by atoms with Crippen LogP contribution in [0.4, 0.5) is 0 Å². The second-order valence-electron chi connectivity index (χ2n) is 14.4. The van der Waals surface area contributed by atoms with E-state index in [1.807, 2.05) is 27.4 Å². The van der Waals surface area contributed by atoms with Crippen molar-refractivity contribution in [1.29, 1.82) is 0 Å². The van der Waals surface area contributed by atoms with Crippen molar-refractivity contribution in [2.75, 3.05) is 13.1 Å². The van der Waals surface area contributed by atoms with Crippen LogP contribution in [0.5, 0.6) is 0 Å². The van der Waals surface area contributed by atoms with E-state index in [9.17, 15) is 9.59 Å².